The van der Waals surface area contributed by atoms with Crippen molar-refractivity contribution in [2.75, 3.05) is 13.1 Å². The minimum Gasteiger partial charge on any atom is -0.342 e. The molecule has 0 aliphatic carbocycles. The standard InChI is InChI=1S/C15H17F3N4OS/c16-15(17,18)6-14(23)21-4-1-2-11(7-21)8-22-9-13(19-20-22)12-3-5-24-10-12/h3,5,9-11H,1-2,4,6-8H2/t11-/m1/s1. The molecule has 3 rings (SSSR count). The lowest BCUT2D eigenvalue weighted by Crippen LogP contribution is -2.42. The molecular weight excluding hydrogens is 341 g/mol. The van der Waals surface area contributed by atoms with Gasteiger partial charge in [0, 0.05) is 30.6 Å². The molecule has 3 heterocycles. The van der Waals surface area contributed by atoms with Gasteiger partial charge in [-0.25, -0.2) is 0 Å². The molecule has 0 saturated carbocycles. The summed E-state index contributed by atoms with van der Waals surface area (Å²) in [6.45, 7) is 1.28. The molecule has 1 aliphatic heterocycles. The second-order valence-corrected chi connectivity index (χ2v) is 6.76. The van der Waals surface area contributed by atoms with E-state index in [1.807, 2.05) is 23.0 Å². The first-order chi connectivity index (χ1) is 11.4. The molecule has 0 N–H and O–H groups in total. The van der Waals surface area contributed by atoms with E-state index in [9.17, 15) is 18.0 Å². The Kier molecular flexibility index (Phi) is 4.88. The Morgan fingerprint density at radius 2 is 2.25 bits per heavy atom. The summed E-state index contributed by atoms with van der Waals surface area (Å²) < 4.78 is 38.8. The van der Waals surface area contributed by atoms with E-state index in [-0.39, 0.29) is 5.92 Å². The summed E-state index contributed by atoms with van der Waals surface area (Å²) in [6, 6.07) is 1.96. The quantitative estimate of drug-likeness (QED) is 0.843. The van der Waals surface area contributed by atoms with Crippen LogP contribution >= 0.6 is 11.3 Å². The highest BCUT2D eigenvalue weighted by Gasteiger charge is 2.35. The Hall–Kier alpha value is -1.90. The fourth-order valence-electron chi connectivity index (χ4n) is 2.92. The zero-order valence-corrected chi connectivity index (χ0v) is 13.7. The zero-order valence-electron chi connectivity index (χ0n) is 12.9. The molecule has 1 atom stereocenters. The van der Waals surface area contributed by atoms with Gasteiger partial charge in [-0.3, -0.25) is 9.48 Å². The molecule has 1 fully saturated rings. The molecule has 2 aromatic rings. The molecule has 0 unspecified atom stereocenters. The molecule has 0 spiro atoms. The van der Waals surface area contributed by atoms with E-state index in [1.165, 1.54) is 4.90 Å². The fourth-order valence-corrected chi connectivity index (χ4v) is 3.57. The van der Waals surface area contributed by atoms with Crippen molar-refractivity contribution < 1.29 is 18.0 Å². The molecule has 5 nitrogen and oxygen atoms in total. The number of piperidine rings is 1. The van der Waals surface area contributed by atoms with E-state index in [2.05, 4.69) is 10.3 Å². The Bertz CT molecular complexity index is 683. The molecule has 0 bridgehead atoms. The topological polar surface area (TPSA) is 51.0 Å². The van der Waals surface area contributed by atoms with Crippen LogP contribution in [-0.2, 0) is 11.3 Å². The van der Waals surface area contributed by atoms with Gasteiger partial charge in [-0.05, 0) is 30.2 Å². The average molecular weight is 358 g/mol. The number of thiophene rings is 1. The Labute approximate surface area is 141 Å². The van der Waals surface area contributed by atoms with Gasteiger partial charge in [-0.2, -0.15) is 24.5 Å². The largest absolute Gasteiger partial charge is 0.397 e. The minimum atomic E-state index is -4.45. The van der Waals surface area contributed by atoms with Gasteiger partial charge in [0.25, 0.3) is 0 Å². The number of halogens is 3. The van der Waals surface area contributed by atoms with Gasteiger partial charge in [0.1, 0.15) is 12.1 Å². The highest BCUT2D eigenvalue weighted by atomic mass is 32.1. The molecule has 1 aliphatic rings. The number of hydrogen-bond acceptors (Lipinski definition) is 4. The molecular formula is C15H17F3N4OS. The number of amides is 1. The van der Waals surface area contributed by atoms with Crippen LogP contribution < -0.4 is 0 Å². The number of likely N-dealkylation sites (tertiary alicyclic amines) is 1. The monoisotopic (exact) mass is 358 g/mol. The van der Waals surface area contributed by atoms with Crippen LogP contribution in [0.25, 0.3) is 11.3 Å². The molecule has 24 heavy (non-hydrogen) atoms. The van der Waals surface area contributed by atoms with Crippen molar-refractivity contribution in [1.82, 2.24) is 19.9 Å². The number of nitrogens with zero attached hydrogens (tertiary/aromatic N) is 4. The van der Waals surface area contributed by atoms with Crippen LogP contribution in [0.3, 0.4) is 0 Å². The lowest BCUT2D eigenvalue weighted by atomic mass is 9.97. The summed E-state index contributed by atoms with van der Waals surface area (Å²) >= 11 is 1.57. The zero-order chi connectivity index (χ0) is 17.2. The molecule has 1 saturated heterocycles. The molecule has 0 radical (unpaired) electrons. The molecule has 0 aromatic carbocycles. The fraction of sp³-hybridized carbons (Fsp3) is 0.533. The van der Waals surface area contributed by atoms with Crippen LogP contribution in [0.4, 0.5) is 13.2 Å². The summed E-state index contributed by atoms with van der Waals surface area (Å²) in [5.74, 6) is -0.752. The maximum absolute atomic E-state index is 12.4. The van der Waals surface area contributed by atoms with Gasteiger partial charge < -0.3 is 4.90 Å². The van der Waals surface area contributed by atoms with Crippen LogP contribution in [0.1, 0.15) is 19.3 Å². The summed E-state index contributed by atoms with van der Waals surface area (Å²) in [5, 5.41) is 12.1. The van der Waals surface area contributed by atoms with Gasteiger partial charge >= 0.3 is 6.18 Å². The second kappa shape index (κ2) is 6.92. The summed E-state index contributed by atoms with van der Waals surface area (Å²) in [7, 11) is 0. The van der Waals surface area contributed by atoms with Gasteiger partial charge in [0.05, 0.1) is 6.20 Å². The second-order valence-electron chi connectivity index (χ2n) is 5.98. The first kappa shape index (κ1) is 16.9. The molecule has 130 valence electrons. The highest BCUT2D eigenvalue weighted by molar-refractivity contribution is 7.08. The van der Waals surface area contributed by atoms with E-state index in [1.54, 1.807) is 16.0 Å². The van der Waals surface area contributed by atoms with Crippen LogP contribution in [0, 0.1) is 5.92 Å². The van der Waals surface area contributed by atoms with E-state index in [0.717, 1.165) is 17.7 Å². The van der Waals surface area contributed by atoms with E-state index < -0.39 is 18.5 Å². The SMILES string of the molecule is O=C(CC(F)(F)F)N1CCC[C@@H](Cn2cc(-c3ccsc3)nn2)C1. The van der Waals surface area contributed by atoms with Crippen LogP contribution in [0.5, 0.6) is 0 Å². The maximum Gasteiger partial charge on any atom is 0.397 e. The maximum atomic E-state index is 12.4. The molecule has 1 amide bonds. The van der Waals surface area contributed by atoms with Gasteiger partial charge in [-0.1, -0.05) is 5.21 Å². The van der Waals surface area contributed by atoms with Crippen molar-refractivity contribution in [1.29, 1.82) is 0 Å². The van der Waals surface area contributed by atoms with Crippen molar-refractivity contribution in [3.8, 4) is 11.3 Å². The van der Waals surface area contributed by atoms with Crippen molar-refractivity contribution in [3.63, 3.8) is 0 Å². The Morgan fingerprint density at radius 1 is 1.42 bits per heavy atom. The third-order valence-electron chi connectivity index (χ3n) is 4.02. The summed E-state index contributed by atoms with van der Waals surface area (Å²) in [4.78, 5) is 13.1. The van der Waals surface area contributed by atoms with Crippen molar-refractivity contribution >= 4 is 17.2 Å². The van der Waals surface area contributed by atoms with Crippen molar-refractivity contribution in [3.05, 3.63) is 23.0 Å². The third kappa shape index (κ3) is 4.34. The third-order valence-corrected chi connectivity index (χ3v) is 4.71. The van der Waals surface area contributed by atoms with Crippen LogP contribution in [0.15, 0.2) is 23.0 Å². The Balaban J connectivity index is 1.58. The van der Waals surface area contributed by atoms with Crippen LogP contribution in [-0.4, -0.2) is 45.1 Å². The predicted molar refractivity (Wildman–Crippen MR) is 83.3 cm³/mol. The first-order valence-electron chi connectivity index (χ1n) is 7.68. The number of carbonyl (C=O) groups is 1. The molecule has 9 heteroatoms. The van der Waals surface area contributed by atoms with Crippen LogP contribution in [0.2, 0.25) is 0 Å². The van der Waals surface area contributed by atoms with Crippen molar-refractivity contribution in [2.24, 2.45) is 5.92 Å². The number of alkyl halides is 3. The summed E-state index contributed by atoms with van der Waals surface area (Å²) in [5.41, 5.74) is 1.77. The van der Waals surface area contributed by atoms with Gasteiger partial charge in [0.15, 0.2) is 0 Å². The first-order valence-corrected chi connectivity index (χ1v) is 8.62. The highest BCUT2D eigenvalue weighted by Crippen LogP contribution is 2.25. The lowest BCUT2D eigenvalue weighted by Gasteiger charge is -2.32. The average Bonchev–Trinajstić information content (AvgIpc) is 3.16. The van der Waals surface area contributed by atoms with Gasteiger partial charge in [-0.15, -0.1) is 5.10 Å². The van der Waals surface area contributed by atoms with Gasteiger partial charge in [0.2, 0.25) is 5.91 Å². The predicted octanol–water partition coefficient (Wildman–Crippen LogP) is 3.20. The normalized spacial score (nSPS) is 18.8. The molecule has 2 aromatic heterocycles. The number of aromatic nitrogens is 3. The minimum absolute atomic E-state index is 0.0907. The van der Waals surface area contributed by atoms with Crippen molar-refractivity contribution in [2.45, 2.75) is 32.0 Å². The number of rotatable bonds is 4. The van der Waals surface area contributed by atoms with E-state index >= 15 is 0 Å². The Morgan fingerprint density at radius 3 is 2.96 bits per heavy atom. The van der Waals surface area contributed by atoms with E-state index in [0.29, 0.717) is 26.1 Å². The number of carbonyl (C=O) groups excluding carboxylic acids is 1. The summed E-state index contributed by atoms with van der Waals surface area (Å²) in [6.07, 6.45) is -2.43. The smallest absolute Gasteiger partial charge is 0.342 e. The van der Waals surface area contributed by atoms with E-state index in [4.69, 9.17) is 0 Å². The lowest BCUT2D eigenvalue weighted by molar-refractivity contribution is -0.162. The number of hydrogen-bond donors (Lipinski definition) is 0.